The molecule has 1 N–H and O–H groups in total. The van der Waals surface area contributed by atoms with Gasteiger partial charge in [0.15, 0.2) is 6.61 Å². The van der Waals surface area contributed by atoms with Crippen molar-refractivity contribution in [3.8, 4) is 5.40 Å². The Balaban J connectivity index is 1.58. The molecule has 0 bridgehead atoms. The van der Waals surface area contributed by atoms with Crippen molar-refractivity contribution in [2.45, 2.75) is 11.8 Å². The number of carbonyl (C=O) groups is 2. The van der Waals surface area contributed by atoms with E-state index in [0.717, 1.165) is 27.6 Å². The van der Waals surface area contributed by atoms with E-state index in [2.05, 4.69) is 5.32 Å². The molecule has 26 heavy (non-hydrogen) atoms. The molecule has 1 amide bonds. The maximum absolute atomic E-state index is 12.0. The molecule has 3 aromatic rings. The Hall–Kier alpha value is -3.24. The predicted octanol–water partition coefficient (Wildman–Crippen LogP) is 4.11. The Morgan fingerprint density at radius 3 is 2.77 bits per heavy atom. The zero-order valence-corrected chi connectivity index (χ0v) is 14.6. The number of nitrogens with one attached hydrogen (secondary N) is 1. The molecule has 0 unspecified atom stereocenters. The molecule has 0 spiro atoms. The molecular formula is C19H14N2O4S. The van der Waals surface area contributed by atoms with Gasteiger partial charge in [-0.2, -0.15) is 5.26 Å². The number of para-hydroxylation sites is 1. The van der Waals surface area contributed by atoms with E-state index in [9.17, 15) is 9.59 Å². The molecule has 0 aliphatic carbocycles. The van der Waals surface area contributed by atoms with E-state index in [1.165, 1.54) is 0 Å². The Morgan fingerprint density at radius 2 is 2.04 bits per heavy atom. The van der Waals surface area contributed by atoms with Gasteiger partial charge in [-0.15, -0.1) is 0 Å². The van der Waals surface area contributed by atoms with Crippen LogP contribution in [0.1, 0.15) is 16.1 Å². The highest BCUT2D eigenvalue weighted by molar-refractivity contribution is 8.03. The van der Waals surface area contributed by atoms with Crippen LogP contribution in [0.2, 0.25) is 0 Å². The SMILES string of the molecule is Cc1cc(SC#N)ccc1NC(=O)COC(=O)c1cc2ccccc2o1. The number of benzene rings is 2. The lowest BCUT2D eigenvalue weighted by molar-refractivity contribution is -0.119. The number of esters is 1. The fourth-order valence-corrected chi connectivity index (χ4v) is 2.84. The van der Waals surface area contributed by atoms with E-state index < -0.39 is 18.5 Å². The minimum absolute atomic E-state index is 0.0491. The number of ether oxygens (including phenoxy) is 1. The molecule has 0 saturated carbocycles. The van der Waals surface area contributed by atoms with Crippen LogP contribution in [0.3, 0.4) is 0 Å². The largest absolute Gasteiger partial charge is 0.450 e. The summed E-state index contributed by atoms with van der Waals surface area (Å²) in [4.78, 5) is 24.8. The number of fused-ring (bicyclic) bond motifs is 1. The molecule has 0 radical (unpaired) electrons. The first-order valence-corrected chi connectivity index (χ1v) is 8.50. The van der Waals surface area contributed by atoms with Gasteiger partial charge in [0.1, 0.15) is 11.0 Å². The number of furan rings is 1. The van der Waals surface area contributed by atoms with Gasteiger partial charge in [-0.1, -0.05) is 18.2 Å². The van der Waals surface area contributed by atoms with E-state index in [-0.39, 0.29) is 5.76 Å². The molecule has 0 fully saturated rings. The summed E-state index contributed by atoms with van der Waals surface area (Å²) in [5, 5.41) is 14.1. The summed E-state index contributed by atoms with van der Waals surface area (Å²) < 4.78 is 10.4. The van der Waals surface area contributed by atoms with Crippen molar-refractivity contribution in [3.63, 3.8) is 0 Å². The van der Waals surface area contributed by atoms with Crippen LogP contribution in [0.15, 0.2) is 57.8 Å². The highest BCUT2D eigenvalue weighted by atomic mass is 32.2. The van der Waals surface area contributed by atoms with Crippen LogP contribution in [0, 0.1) is 17.6 Å². The van der Waals surface area contributed by atoms with Crippen molar-refractivity contribution in [1.82, 2.24) is 0 Å². The maximum Gasteiger partial charge on any atom is 0.374 e. The Morgan fingerprint density at radius 1 is 1.23 bits per heavy atom. The fourth-order valence-electron chi connectivity index (χ4n) is 2.36. The van der Waals surface area contributed by atoms with E-state index in [4.69, 9.17) is 14.4 Å². The third-order valence-corrected chi connectivity index (χ3v) is 4.18. The van der Waals surface area contributed by atoms with Crippen LogP contribution in [-0.2, 0) is 9.53 Å². The van der Waals surface area contributed by atoms with E-state index in [1.54, 1.807) is 36.4 Å². The molecule has 6 nitrogen and oxygen atoms in total. The molecule has 1 aromatic heterocycles. The second-order valence-corrected chi connectivity index (χ2v) is 6.30. The Labute approximate surface area is 153 Å². The topological polar surface area (TPSA) is 92.3 Å². The number of thioether (sulfide) groups is 1. The molecule has 130 valence electrons. The first-order chi connectivity index (χ1) is 12.6. The van der Waals surface area contributed by atoms with Crippen LogP contribution in [0.5, 0.6) is 0 Å². The van der Waals surface area contributed by atoms with Crippen LogP contribution in [0.4, 0.5) is 5.69 Å². The predicted molar refractivity (Wildman–Crippen MR) is 97.8 cm³/mol. The Bertz CT molecular complexity index is 987. The summed E-state index contributed by atoms with van der Waals surface area (Å²) in [6.07, 6.45) is 0. The molecule has 7 heteroatoms. The number of rotatable bonds is 5. The van der Waals surface area contributed by atoms with Crippen molar-refractivity contribution in [2.75, 3.05) is 11.9 Å². The van der Waals surface area contributed by atoms with E-state index in [1.807, 2.05) is 24.5 Å². The fraction of sp³-hybridized carbons (Fsp3) is 0.105. The van der Waals surface area contributed by atoms with Crippen molar-refractivity contribution < 1.29 is 18.7 Å². The van der Waals surface area contributed by atoms with Crippen LogP contribution < -0.4 is 5.32 Å². The molecule has 3 rings (SSSR count). The first kappa shape index (κ1) is 17.6. The highest BCUT2D eigenvalue weighted by Gasteiger charge is 2.15. The summed E-state index contributed by atoms with van der Waals surface area (Å²) in [5.74, 6) is -1.11. The molecule has 0 saturated heterocycles. The first-order valence-electron chi connectivity index (χ1n) is 7.69. The van der Waals surface area contributed by atoms with Crippen LogP contribution >= 0.6 is 11.8 Å². The number of carbonyl (C=O) groups excluding carboxylic acids is 2. The van der Waals surface area contributed by atoms with Gasteiger partial charge in [0.05, 0.1) is 0 Å². The van der Waals surface area contributed by atoms with Gasteiger partial charge in [0, 0.05) is 16.0 Å². The average molecular weight is 366 g/mol. The maximum atomic E-state index is 12.0. The van der Waals surface area contributed by atoms with E-state index >= 15 is 0 Å². The number of nitriles is 1. The second kappa shape index (κ2) is 7.76. The lowest BCUT2D eigenvalue weighted by atomic mass is 10.2. The van der Waals surface area contributed by atoms with Gasteiger partial charge in [-0.25, -0.2) is 4.79 Å². The standard InChI is InChI=1S/C19H14N2O4S/c1-12-8-14(26-11-20)6-7-15(12)21-18(22)10-24-19(23)17-9-13-4-2-3-5-16(13)25-17/h2-9H,10H2,1H3,(H,21,22). The van der Waals surface area contributed by atoms with Crippen molar-refractivity contribution in [3.05, 3.63) is 59.9 Å². The number of aryl methyl sites for hydroxylation is 1. The zero-order valence-electron chi connectivity index (χ0n) is 13.8. The van der Waals surface area contributed by atoms with Gasteiger partial charge >= 0.3 is 5.97 Å². The molecule has 1 heterocycles. The molecule has 0 aliphatic rings. The number of thiocyanates is 1. The number of anilines is 1. The summed E-state index contributed by atoms with van der Waals surface area (Å²) in [6, 6.07) is 14.0. The summed E-state index contributed by atoms with van der Waals surface area (Å²) >= 11 is 1.04. The minimum Gasteiger partial charge on any atom is -0.450 e. The molecule has 0 aliphatic heterocycles. The second-order valence-electron chi connectivity index (χ2n) is 5.44. The van der Waals surface area contributed by atoms with Gasteiger partial charge in [-0.05, 0) is 54.6 Å². The van der Waals surface area contributed by atoms with Gasteiger partial charge in [-0.3, -0.25) is 4.79 Å². The normalized spacial score (nSPS) is 10.3. The monoisotopic (exact) mass is 366 g/mol. The zero-order chi connectivity index (χ0) is 18.5. The number of amides is 1. The van der Waals surface area contributed by atoms with E-state index in [0.29, 0.717) is 11.3 Å². The van der Waals surface area contributed by atoms with Gasteiger partial charge in [0.2, 0.25) is 5.76 Å². The smallest absolute Gasteiger partial charge is 0.374 e. The summed E-state index contributed by atoms with van der Waals surface area (Å²) in [7, 11) is 0. The highest BCUT2D eigenvalue weighted by Crippen LogP contribution is 2.23. The lowest BCUT2D eigenvalue weighted by Crippen LogP contribution is -2.21. The van der Waals surface area contributed by atoms with Crippen LogP contribution in [0.25, 0.3) is 11.0 Å². The average Bonchev–Trinajstić information content (AvgIpc) is 3.06. The lowest BCUT2D eigenvalue weighted by Gasteiger charge is -2.09. The summed E-state index contributed by atoms with van der Waals surface area (Å²) in [6.45, 7) is 1.39. The van der Waals surface area contributed by atoms with Crippen LogP contribution in [-0.4, -0.2) is 18.5 Å². The van der Waals surface area contributed by atoms with Gasteiger partial charge < -0.3 is 14.5 Å². The van der Waals surface area contributed by atoms with Crippen molar-refractivity contribution in [2.24, 2.45) is 0 Å². The number of hydrogen-bond donors (Lipinski definition) is 1. The molecular weight excluding hydrogens is 352 g/mol. The number of hydrogen-bond acceptors (Lipinski definition) is 6. The van der Waals surface area contributed by atoms with Crippen molar-refractivity contribution in [1.29, 1.82) is 5.26 Å². The minimum atomic E-state index is -0.700. The van der Waals surface area contributed by atoms with Crippen molar-refractivity contribution >= 4 is 40.3 Å². The third kappa shape index (κ3) is 4.05. The Kier molecular flexibility index (Phi) is 5.25. The molecule has 0 atom stereocenters. The summed E-state index contributed by atoms with van der Waals surface area (Å²) in [5.41, 5.74) is 1.98. The quantitative estimate of drug-likeness (QED) is 0.415. The third-order valence-electron chi connectivity index (χ3n) is 3.60. The molecule has 2 aromatic carbocycles. The number of nitrogens with zero attached hydrogens (tertiary/aromatic N) is 1. The van der Waals surface area contributed by atoms with Gasteiger partial charge in [0.25, 0.3) is 5.91 Å².